The number of halogens is 1. The van der Waals surface area contributed by atoms with Gasteiger partial charge in [-0.15, -0.1) is 0 Å². The number of guanidine groups is 1. The summed E-state index contributed by atoms with van der Waals surface area (Å²) in [5.41, 5.74) is 1.62. The minimum atomic E-state index is -0.267. The van der Waals surface area contributed by atoms with Crippen LogP contribution in [0.1, 0.15) is 25.2 Å². The quantitative estimate of drug-likeness (QED) is 0.591. The molecule has 7 nitrogen and oxygen atoms in total. The number of nitrogens with one attached hydrogen (secondary N) is 2. The van der Waals surface area contributed by atoms with E-state index in [4.69, 9.17) is 4.42 Å². The molecule has 8 heteroatoms. The normalized spacial score (nSPS) is 15.9. The Morgan fingerprint density at radius 3 is 2.66 bits per heavy atom. The summed E-state index contributed by atoms with van der Waals surface area (Å²) >= 11 is 0. The zero-order valence-electron chi connectivity index (χ0n) is 17.6. The van der Waals surface area contributed by atoms with Crippen LogP contribution in [-0.2, 0) is 11.3 Å². The Bertz CT molecular complexity index is 885. The van der Waals surface area contributed by atoms with Crippen molar-refractivity contribution in [3.8, 4) is 0 Å². The van der Waals surface area contributed by atoms with Gasteiger partial charge < -0.3 is 20.0 Å². The van der Waals surface area contributed by atoms with Crippen molar-refractivity contribution in [2.45, 2.75) is 33.4 Å². The zero-order valence-corrected chi connectivity index (χ0v) is 17.6. The summed E-state index contributed by atoms with van der Waals surface area (Å²) in [6, 6.07) is 4.72. The fourth-order valence-electron chi connectivity index (χ4n) is 3.59. The van der Waals surface area contributed by atoms with E-state index in [0.29, 0.717) is 18.7 Å². The first kappa shape index (κ1) is 21.1. The van der Waals surface area contributed by atoms with Gasteiger partial charge in [-0.05, 0) is 39.0 Å². The van der Waals surface area contributed by atoms with Crippen molar-refractivity contribution in [3.63, 3.8) is 0 Å². The fraction of sp³-hybridized carbons (Fsp3) is 0.524. The van der Waals surface area contributed by atoms with E-state index in [0.717, 1.165) is 48.8 Å². The fourth-order valence-corrected chi connectivity index (χ4v) is 3.59. The third kappa shape index (κ3) is 5.26. The topological polar surface area (TPSA) is 73.1 Å². The summed E-state index contributed by atoms with van der Waals surface area (Å²) in [7, 11) is 1.76. The van der Waals surface area contributed by atoms with E-state index in [1.165, 1.54) is 12.1 Å². The highest BCUT2D eigenvalue weighted by Crippen LogP contribution is 2.25. The van der Waals surface area contributed by atoms with Crippen LogP contribution < -0.4 is 10.6 Å². The van der Waals surface area contributed by atoms with Gasteiger partial charge >= 0.3 is 0 Å². The molecule has 0 atom stereocenters. The summed E-state index contributed by atoms with van der Waals surface area (Å²) in [6.07, 6.45) is 0. The summed E-state index contributed by atoms with van der Waals surface area (Å²) in [6.45, 7) is 9.95. The van der Waals surface area contributed by atoms with Gasteiger partial charge in [-0.2, -0.15) is 0 Å². The van der Waals surface area contributed by atoms with Crippen LogP contribution >= 0.6 is 0 Å². The molecular formula is C21H30FN5O2. The molecule has 2 aromatic rings. The molecule has 2 heterocycles. The number of furan rings is 1. The average Bonchev–Trinajstić information content (AvgIpc) is 2.98. The Hall–Kier alpha value is -2.61. The van der Waals surface area contributed by atoms with Crippen LogP contribution in [0.5, 0.6) is 0 Å². The molecule has 1 aliphatic rings. The number of amides is 1. The van der Waals surface area contributed by atoms with Crippen molar-refractivity contribution in [1.29, 1.82) is 0 Å². The number of aliphatic imine (C=N–C) groups is 1. The molecule has 3 rings (SSSR count). The molecule has 0 unspecified atom stereocenters. The third-order valence-electron chi connectivity index (χ3n) is 5.10. The predicted molar refractivity (Wildman–Crippen MR) is 112 cm³/mol. The first-order valence-electron chi connectivity index (χ1n) is 10.0. The Balaban J connectivity index is 1.54. The molecule has 0 bridgehead atoms. The number of nitrogens with zero attached hydrogens (tertiary/aromatic N) is 3. The number of carbonyl (C=O) groups excluding carboxylic acids is 1. The molecule has 0 radical (unpaired) electrons. The van der Waals surface area contributed by atoms with Crippen molar-refractivity contribution in [2.75, 3.05) is 39.8 Å². The van der Waals surface area contributed by atoms with Crippen molar-refractivity contribution >= 4 is 22.8 Å². The number of hydrogen-bond donors (Lipinski definition) is 2. The molecule has 0 spiro atoms. The maximum Gasteiger partial charge on any atom is 0.234 e. The largest absolute Gasteiger partial charge is 0.459 e. The smallest absolute Gasteiger partial charge is 0.234 e. The molecule has 0 saturated carbocycles. The maximum absolute atomic E-state index is 13.5. The van der Waals surface area contributed by atoms with Crippen LogP contribution in [0.3, 0.4) is 0 Å². The molecule has 1 aliphatic heterocycles. The molecule has 1 saturated heterocycles. The lowest BCUT2D eigenvalue weighted by molar-refractivity contribution is -0.123. The molecule has 2 N–H and O–H groups in total. The number of piperazine rings is 1. The number of benzene rings is 1. The van der Waals surface area contributed by atoms with Crippen molar-refractivity contribution in [3.05, 3.63) is 35.3 Å². The van der Waals surface area contributed by atoms with Crippen LogP contribution in [-0.4, -0.2) is 67.5 Å². The second-order valence-electron chi connectivity index (χ2n) is 7.68. The SMILES string of the molecule is CN=C(NCc1oc2ccc(F)cc2c1C)N1CCN(CC(=O)NC(C)C)CC1. The second kappa shape index (κ2) is 9.26. The Morgan fingerprint density at radius 2 is 2.00 bits per heavy atom. The van der Waals surface area contributed by atoms with E-state index < -0.39 is 0 Å². The summed E-state index contributed by atoms with van der Waals surface area (Å²) < 4.78 is 19.4. The average molecular weight is 404 g/mol. The molecule has 1 aromatic carbocycles. The first-order chi connectivity index (χ1) is 13.9. The Kier molecular flexibility index (Phi) is 6.74. The highest BCUT2D eigenvalue weighted by atomic mass is 19.1. The standard InChI is InChI=1S/C21H30FN5O2/c1-14(2)25-20(28)13-26-7-9-27(10-8-26)21(23-4)24-12-19-15(3)17-11-16(22)5-6-18(17)29-19/h5-6,11,14H,7-10,12-13H2,1-4H3,(H,23,24)(H,25,28). The minimum absolute atomic E-state index is 0.0627. The zero-order chi connectivity index (χ0) is 21.0. The predicted octanol–water partition coefficient (Wildman–Crippen LogP) is 2.10. The molecular weight excluding hydrogens is 373 g/mol. The van der Waals surface area contributed by atoms with E-state index in [-0.39, 0.29) is 17.8 Å². The van der Waals surface area contributed by atoms with E-state index in [1.54, 1.807) is 13.1 Å². The number of hydrogen-bond acceptors (Lipinski definition) is 4. The van der Waals surface area contributed by atoms with Crippen LogP contribution in [0.15, 0.2) is 27.6 Å². The van der Waals surface area contributed by atoms with Gasteiger partial charge in [-0.3, -0.25) is 14.7 Å². The van der Waals surface area contributed by atoms with Gasteiger partial charge in [0.05, 0.1) is 13.1 Å². The lowest BCUT2D eigenvalue weighted by Gasteiger charge is -2.36. The van der Waals surface area contributed by atoms with Gasteiger partial charge in [0, 0.05) is 50.2 Å². The van der Waals surface area contributed by atoms with Gasteiger partial charge in [0.1, 0.15) is 17.2 Å². The summed E-state index contributed by atoms with van der Waals surface area (Å²) in [5.74, 6) is 1.36. The molecule has 0 aliphatic carbocycles. The van der Waals surface area contributed by atoms with Crippen LogP contribution in [0.25, 0.3) is 11.0 Å². The van der Waals surface area contributed by atoms with E-state index >= 15 is 0 Å². The van der Waals surface area contributed by atoms with Crippen molar-refractivity contribution < 1.29 is 13.6 Å². The number of fused-ring (bicyclic) bond motifs is 1. The van der Waals surface area contributed by atoms with Crippen molar-refractivity contribution in [1.82, 2.24) is 20.4 Å². The van der Waals surface area contributed by atoms with Gasteiger partial charge in [0.2, 0.25) is 5.91 Å². The number of carbonyl (C=O) groups is 1. The lowest BCUT2D eigenvalue weighted by Crippen LogP contribution is -2.54. The first-order valence-corrected chi connectivity index (χ1v) is 10.0. The molecule has 1 aromatic heterocycles. The van der Waals surface area contributed by atoms with E-state index in [1.807, 2.05) is 20.8 Å². The van der Waals surface area contributed by atoms with Crippen LogP contribution in [0.4, 0.5) is 4.39 Å². The van der Waals surface area contributed by atoms with Crippen molar-refractivity contribution in [2.24, 2.45) is 4.99 Å². The van der Waals surface area contributed by atoms with Gasteiger partial charge in [0.15, 0.2) is 5.96 Å². The molecule has 158 valence electrons. The third-order valence-corrected chi connectivity index (χ3v) is 5.10. The maximum atomic E-state index is 13.5. The molecule has 1 amide bonds. The highest BCUT2D eigenvalue weighted by molar-refractivity contribution is 5.83. The van der Waals surface area contributed by atoms with Gasteiger partial charge in [-0.25, -0.2) is 4.39 Å². The molecule has 29 heavy (non-hydrogen) atoms. The lowest BCUT2D eigenvalue weighted by atomic mass is 10.1. The Morgan fingerprint density at radius 1 is 1.28 bits per heavy atom. The number of rotatable bonds is 5. The minimum Gasteiger partial charge on any atom is -0.459 e. The summed E-state index contributed by atoms with van der Waals surface area (Å²) in [4.78, 5) is 20.7. The van der Waals surface area contributed by atoms with Gasteiger partial charge in [-0.1, -0.05) is 0 Å². The number of aryl methyl sites for hydroxylation is 1. The highest BCUT2D eigenvalue weighted by Gasteiger charge is 2.22. The Labute approximate surface area is 170 Å². The molecule has 1 fully saturated rings. The van der Waals surface area contributed by atoms with Crippen LogP contribution in [0.2, 0.25) is 0 Å². The van der Waals surface area contributed by atoms with E-state index in [9.17, 15) is 9.18 Å². The van der Waals surface area contributed by atoms with E-state index in [2.05, 4.69) is 25.4 Å². The second-order valence-corrected chi connectivity index (χ2v) is 7.68. The van der Waals surface area contributed by atoms with Gasteiger partial charge in [0.25, 0.3) is 0 Å². The summed E-state index contributed by atoms with van der Waals surface area (Å²) in [5, 5.41) is 7.07. The van der Waals surface area contributed by atoms with Crippen LogP contribution in [0, 0.1) is 12.7 Å². The monoisotopic (exact) mass is 403 g/mol.